The molecule has 23 heteroatoms. The van der Waals surface area contributed by atoms with Crippen LogP contribution in [0.3, 0.4) is 0 Å². The number of carbonyl (C=O) groups is 1. The Labute approximate surface area is 262 Å². The summed E-state index contributed by atoms with van der Waals surface area (Å²) in [5.41, 5.74) is -16.9. The van der Waals surface area contributed by atoms with Crippen molar-refractivity contribution in [2.45, 2.75) is 43.0 Å². The second kappa shape index (κ2) is 12.7. The molecule has 3 aromatic rings. The number of carboxylic acids is 1. The van der Waals surface area contributed by atoms with Gasteiger partial charge in [0.1, 0.15) is 0 Å². The molecule has 0 aliphatic rings. The summed E-state index contributed by atoms with van der Waals surface area (Å²) in [6.45, 7) is 0. The number of halogens is 12. The molecular formula is C24H15F12NO6S4. The fourth-order valence-electron chi connectivity index (χ4n) is 3.82. The van der Waals surface area contributed by atoms with Gasteiger partial charge in [0, 0.05) is 19.6 Å². The average molecular weight is 770 g/mol. The summed E-state index contributed by atoms with van der Waals surface area (Å²) in [6, 6.07) is 3.85. The zero-order valence-electron chi connectivity index (χ0n) is 22.2. The maximum absolute atomic E-state index is 14.2. The number of alkyl halides is 12. The van der Waals surface area contributed by atoms with Crippen LogP contribution in [0, 0.1) is 0 Å². The molecule has 0 aliphatic carbocycles. The molecule has 0 radical (unpaired) electrons. The molecule has 0 atom stereocenters. The van der Waals surface area contributed by atoms with Gasteiger partial charge in [-0.05, 0) is 75.9 Å². The van der Waals surface area contributed by atoms with E-state index in [0.29, 0.717) is 23.9 Å². The van der Waals surface area contributed by atoms with Crippen LogP contribution in [0.1, 0.15) is 11.1 Å². The molecule has 0 fully saturated rings. The van der Waals surface area contributed by atoms with E-state index in [2.05, 4.69) is 0 Å². The number of nitrogens with zero attached hydrogens (tertiary/aromatic N) is 1. The van der Waals surface area contributed by atoms with Gasteiger partial charge in [0.25, 0.3) is 0 Å². The van der Waals surface area contributed by atoms with Crippen LogP contribution in [0.4, 0.5) is 52.7 Å². The monoisotopic (exact) mass is 769 g/mol. The molecule has 0 aromatic heterocycles. The quantitative estimate of drug-likeness (QED) is 0.173. The lowest BCUT2D eigenvalue weighted by Gasteiger charge is -2.47. The molecule has 0 amide bonds. The van der Waals surface area contributed by atoms with Crippen LogP contribution in [0.25, 0.3) is 0 Å². The van der Waals surface area contributed by atoms with E-state index in [1.54, 1.807) is 0 Å². The van der Waals surface area contributed by atoms with Gasteiger partial charge < -0.3 is 5.11 Å². The van der Waals surface area contributed by atoms with Crippen molar-refractivity contribution in [3.8, 4) is 0 Å². The van der Waals surface area contributed by atoms with Gasteiger partial charge in [-0.1, -0.05) is 10.2 Å². The third-order valence-corrected chi connectivity index (χ3v) is 15.7. The van der Waals surface area contributed by atoms with Gasteiger partial charge in [0.15, 0.2) is 0 Å². The van der Waals surface area contributed by atoms with E-state index in [1.807, 2.05) is 0 Å². The van der Waals surface area contributed by atoms with Crippen molar-refractivity contribution in [3.05, 3.63) is 83.9 Å². The normalized spacial score (nSPS) is 14.3. The Morgan fingerprint density at radius 2 is 0.872 bits per heavy atom. The van der Waals surface area contributed by atoms with E-state index in [-0.39, 0.29) is 53.4 Å². The maximum atomic E-state index is 14.2. The van der Waals surface area contributed by atoms with E-state index < -0.39 is 94.3 Å². The molecule has 260 valence electrons. The highest BCUT2D eigenvalue weighted by atomic mass is 32.4. The summed E-state index contributed by atoms with van der Waals surface area (Å²) in [4.78, 5) is 7.31. The van der Waals surface area contributed by atoms with Crippen molar-refractivity contribution in [1.82, 2.24) is 3.12 Å². The molecule has 7 nitrogen and oxygen atoms in total. The average Bonchev–Trinajstić information content (AvgIpc) is 2.93. The topological polar surface area (TPSA) is 109 Å². The van der Waals surface area contributed by atoms with Gasteiger partial charge in [-0.3, -0.25) is 4.79 Å². The second-order valence-electron chi connectivity index (χ2n) is 8.84. The molecule has 0 heterocycles. The summed E-state index contributed by atoms with van der Waals surface area (Å²) in [6.07, 6.45) is -10.4. The van der Waals surface area contributed by atoms with Crippen LogP contribution >= 0.6 is 22.0 Å². The first-order valence-corrected chi connectivity index (χ1v) is 17.2. The maximum Gasteiger partial charge on any atom is 0.513 e. The van der Waals surface area contributed by atoms with E-state index in [4.69, 9.17) is 5.11 Å². The predicted molar refractivity (Wildman–Crippen MR) is 142 cm³/mol. The molecule has 0 saturated carbocycles. The van der Waals surface area contributed by atoms with Crippen molar-refractivity contribution >= 4 is 48.0 Å². The highest BCUT2D eigenvalue weighted by molar-refractivity contribution is 8.41. The minimum Gasteiger partial charge on any atom is -0.481 e. The van der Waals surface area contributed by atoms with Gasteiger partial charge >= 0.3 is 49.4 Å². The van der Waals surface area contributed by atoms with Crippen LogP contribution in [0.2, 0.25) is 0 Å². The first-order valence-electron chi connectivity index (χ1n) is 11.7. The van der Waals surface area contributed by atoms with E-state index >= 15 is 0 Å². The Hall–Kier alpha value is -3.15. The first kappa shape index (κ1) is 38.3. The van der Waals surface area contributed by atoms with Gasteiger partial charge in [-0.25, -0.2) is 16.8 Å². The lowest BCUT2D eigenvalue weighted by molar-refractivity contribution is -0.138. The predicted octanol–water partition coefficient (Wildman–Crippen LogP) is 8.10. The molecule has 1 N–H and O–H groups in total. The number of thioether (sulfide) groups is 1. The zero-order valence-corrected chi connectivity index (χ0v) is 25.5. The van der Waals surface area contributed by atoms with Crippen molar-refractivity contribution in [2.24, 2.45) is 0 Å². The third kappa shape index (κ3) is 7.47. The Morgan fingerprint density at radius 1 is 0.574 bits per heavy atom. The van der Waals surface area contributed by atoms with Crippen LogP contribution in [-0.2, 0) is 37.2 Å². The number of hydrogen-bond acceptors (Lipinski definition) is 6. The number of carboxylic acid groups (broad SMARTS) is 1. The summed E-state index contributed by atoms with van der Waals surface area (Å²) in [7, 11) is -21.0. The van der Waals surface area contributed by atoms with E-state index in [9.17, 15) is 74.3 Å². The molecular weight excluding hydrogens is 755 g/mol. The van der Waals surface area contributed by atoms with Gasteiger partial charge in [0.2, 0.25) is 0 Å². The highest BCUT2D eigenvalue weighted by Gasteiger charge is 2.67. The van der Waals surface area contributed by atoms with E-state index in [0.717, 1.165) is 12.1 Å². The standard InChI is InChI=1S/C24H15F12NO6S4/c25-21(26,27)14-1-7-17(8-2-14)45(18-9-3-15(4-10-18)22(28,29)30,19-11-5-16(6-12-19)44-13-20(38)39)37(46(40,41)23(31,32)33)47(42,43)24(34,35)36/h1-12H,13H2,(H,38,39). The van der Waals surface area contributed by atoms with E-state index in [1.165, 1.54) is 0 Å². The van der Waals surface area contributed by atoms with Crippen molar-refractivity contribution in [2.75, 3.05) is 5.75 Å². The molecule has 0 saturated heterocycles. The Balaban J connectivity index is 2.69. The molecule has 47 heavy (non-hydrogen) atoms. The number of rotatable bonds is 9. The number of aliphatic carboxylic acids is 1. The zero-order chi connectivity index (χ0) is 36.0. The summed E-state index contributed by atoms with van der Waals surface area (Å²) in [5, 5.41) is 8.89. The van der Waals surface area contributed by atoms with Crippen molar-refractivity contribution in [1.29, 1.82) is 0 Å². The lowest BCUT2D eigenvalue weighted by atomic mass is 10.2. The SMILES string of the molecule is O=C(O)CSc1ccc(S(c2ccc(C(F)(F)F)cc2)(c2ccc(C(F)(F)F)cc2)N(S(=O)(=O)C(F)(F)F)S(=O)(=O)C(F)(F)F)cc1. The summed E-state index contributed by atoms with van der Waals surface area (Å²) < 4.78 is 215. The number of sulfonamides is 2. The first-order chi connectivity index (χ1) is 21.2. The Kier molecular flexibility index (Phi) is 10.4. The number of hydrogen-bond donors (Lipinski definition) is 1. The highest BCUT2D eigenvalue weighted by Crippen LogP contribution is 2.74. The molecule has 0 bridgehead atoms. The van der Waals surface area contributed by atoms with Crippen LogP contribution in [0.15, 0.2) is 92.4 Å². The van der Waals surface area contributed by atoms with Crippen LogP contribution in [0.5, 0.6) is 0 Å². The van der Waals surface area contributed by atoms with Crippen LogP contribution < -0.4 is 0 Å². The van der Waals surface area contributed by atoms with Crippen LogP contribution in [-0.4, -0.2) is 47.8 Å². The molecule has 0 aliphatic heterocycles. The minimum atomic E-state index is -7.76. The van der Waals surface area contributed by atoms with Gasteiger partial charge in [0.05, 0.1) is 16.9 Å². The Morgan fingerprint density at radius 3 is 1.13 bits per heavy atom. The Bertz CT molecular complexity index is 1720. The fraction of sp³-hybridized carbons (Fsp3) is 0.208. The summed E-state index contributed by atoms with van der Waals surface area (Å²) in [5.74, 6) is -2.06. The smallest absolute Gasteiger partial charge is 0.481 e. The fourth-order valence-corrected chi connectivity index (χ4v) is 13.7. The molecule has 0 unspecified atom stereocenters. The lowest BCUT2D eigenvalue weighted by Crippen LogP contribution is -2.50. The minimum absolute atomic E-state index is 0.0757. The third-order valence-electron chi connectivity index (χ3n) is 5.77. The molecule has 3 aromatic carbocycles. The van der Waals surface area contributed by atoms with Crippen molar-refractivity contribution in [3.63, 3.8) is 0 Å². The van der Waals surface area contributed by atoms with Gasteiger partial charge in [-0.15, -0.1) is 11.8 Å². The number of benzene rings is 3. The van der Waals surface area contributed by atoms with Gasteiger partial charge in [-0.2, -0.15) is 52.7 Å². The molecule has 0 spiro atoms. The largest absolute Gasteiger partial charge is 0.513 e. The summed E-state index contributed by atoms with van der Waals surface area (Å²) >= 11 is 0.526. The van der Waals surface area contributed by atoms with Crippen molar-refractivity contribution < 1.29 is 79.4 Å². The second-order valence-corrected chi connectivity index (χ2v) is 17.1. The molecule has 3 rings (SSSR count).